The summed E-state index contributed by atoms with van der Waals surface area (Å²) in [5.41, 5.74) is 4.35. The second-order valence-electron chi connectivity index (χ2n) is 11.0. The van der Waals surface area contributed by atoms with Gasteiger partial charge in [-0.15, -0.1) is 0 Å². The van der Waals surface area contributed by atoms with Gasteiger partial charge in [-0.1, -0.05) is 23.7 Å². The average Bonchev–Trinajstić information content (AvgIpc) is 3.64. The summed E-state index contributed by atoms with van der Waals surface area (Å²) in [5.74, 6) is 0.242. The molecule has 2 saturated heterocycles. The van der Waals surface area contributed by atoms with E-state index in [4.69, 9.17) is 11.6 Å². The molecule has 1 saturated carbocycles. The van der Waals surface area contributed by atoms with Crippen LogP contribution in [0, 0.1) is 6.92 Å². The fraction of sp³-hybridized carbons (Fsp3) is 0.483. The quantitative estimate of drug-likeness (QED) is 0.412. The van der Waals surface area contributed by atoms with Crippen LogP contribution >= 0.6 is 11.6 Å². The first-order chi connectivity index (χ1) is 17.7. The van der Waals surface area contributed by atoms with Crippen molar-refractivity contribution in [1.29, 1.82) is 0 Å². The molecule has 3 heterocycles. The second-order valence-corrected chi connectivity index (χ2v) is 13.9. The molecule has 0 spiro atoms. The summed E-state index contributed by atoms with van der Waals surface area (Å²) in [5, 5.41) is 11.6. The molecule has 2 aromatic carbocycles. The number of aryl methyl sites for hydroxylation is 1. The lowest BCUT2D eigenvalue weighted by Crippen LogP contribution is -2.46. The van der Waals surface area contributed by atoms with Crippen LogP contribution < -0.4 is 0 Å². The normalized spacial score (nSPS) is 24.1. The fourth-order valence-electron chi connectivity index (χ4n) is 6.49. The summed E-state index contributed by atoms with van der Waals surface area (Å²) in [6.07, 6.45) is 5.31. The summed E-state index contributed by atoms with van der Waals surface area (Å²) < 4.78 is 27.1. The van der Waals surface area contributed by atoms with E-state index >= 15 is 0 Å². The van der Waals surface area contributed by atoms with Gasteiger partial charge in [-0.2, -0.15) is 0 Å². The van der Waals surface area contributed by atoms with E-state index in [0.717, 1.165) is 66.4 Å². The molecule has 2 aliphatic heterocycles. The first-order valence-corrected chi connectivity index (χ1v) is 15.4. The summed E-state index contributed by atoms with van der Waals surface area (Å²) in [7, 11) is -3.05. The second kappa shape index (κ2) is 9.53. The van der Waals surface area contributed by atoms with Gasteiger partial charge in [-0.3, -0.25) is 9.69 Å². The van der Waals surface area contributed by atoms with Gasteiger partial charge >= 0.3 is 0 Å². The zero-order valence-electron chi connectivity index (χ0n) is 21.1. The molecule has 0 radical (unpaired) electrons. The molecular formula is C29H33ClN2O4S. The Bertz CT molecular complexity index is 1450. The first kappa shape index (κ1) is 25.1. The minimum atomic E-state index is -3.05. The van der Waals surface area contributed by atoms with Gasteiger partial charge < -0.3 is 9.67 Å². The molecule has 37 heavy (non-hydrogen) atoms. The fourth-order valence-corrected chi connectivity index (χ4v) is 8.33. The number of aliphatic hydroxyl groups excluding tert-OH is 1. The molecule has 2 unspecified atom stereocenters. The Balaban J connectivity index is 1.37. The third kappa shape index (κ3) is 4.76. The molecule has 1 aliphatic carbocycles. The van der Waals surface area contributed by atoms with Crippen LogP contribution in [0.5, 0.6) is 0 Å². The van der Waals surface area contributed by atoms with E-state index in [0.29, 0.717) is 23.6 Å². The van der Waals surface area contributed by atoms with E-state index in [1.807, 2.05) is 49.4 Å². The Morgan fingerprint density at radius 1 is 1.03 bits per heavy atom. The lowest BCUT2D eigenvalue weighted by Gasteiger charge is -2.36. The molecule has 0 amide bonds. The highest BCUT2D eigenvalue weighted by Crippen LogP contribution is 2.37. The number of fused-ring (bicyclic) bond motifs is 3. The molecule has 3 fully saturated rings. The van der Waals surface area contributed by atoms with Crippen molar-refractivity contribution in [3.8, 4) is 5.69 Å². The van der Waals surface area contributed by atoms with Gasteiger partial charge in [0.15, 0.2) is 15.6 Å². The minimum Gasteiger partial charge on any atom is -0.393 e. The van der Waals surface area contributed by atoms with E-state index in [2.05, 4.69) is 9.47 Å². The standard InChI is InChI=1S/C29H33ClN2O4S/c1-18-29(28(34)17-31-22-7-8-23(31)16-24(33)15-22)26-11-2-19(12-13-37(35,36)25-9-10-25)14-27(26)32(18)21-5-3-20(30)4-6-21/h2-6,11,14,22-25,33H,7-10,12-13,15-17H2,1H3. The molecule has 3 aliphatic rings. The van der Waals surface area contributed by atoms with E-state index < -0.39 is 9.84 Å². The SMILES string of the molecule is Cc1c(C(=O)CN2C3CCC2CC(O)C3)c2ccc(CCS(=O)(=O)C3CC3)cc2n1-c1ccc(Cl)cc1. The smallest absolute Gasteiger partial charge is 0.179 e. The largest absolute Gasteiger partial charge is 0.393 e. The molecule has 1 aromatic heterocycles. The van der Waals surface area contributed by atoms with Gasteiger partial charge in [0.1, 0.15) is 0 Å². The van der Waals surface area contributed by atoms with Gasteiger partial charge in [0.05, 0.1) is 29.2 Å². The van der Waals surface area contributed by atoms with E-state index in [1.165, 1.54) is 0 Å². The van der Waals surface area contributed by atoms with Crippen molar-refractivity contribution in [2.75, 3.05) is 12.3 Å². The summed E-state index contributed by atoms with van der Waals surface area (Å²) in [6, 6.07) is 14.1. The minimum absolute atomic E-state index is 0.0903. The Kier molecular flexibility index (Phi) is 6.46. The van der Waals surface area contributed by atoms with Crippen molar-refractivity contribution in [3.05, 3.63) is 64.3 Å². The number of hydrogen-bond donors (Lipinski definition) is 1. The van der Waals surface area contributed by atoms with E-state index in [9.17, 15) is 18.3 Å². The highest BCUT2D eigenvalue weighted by molar-refractivity contribution is 7.92. The summed E-state index contributed by atoms with van der Waals surface area (Å²) in [4.78, 5) is 16.2. The Hall–Kier alpha value is -2.19. The first-order valence-electron chi connectivity index (χ1n) is 13.3. The third-order valence-electron chi connectivity index (χ3n) is 8.53. The van der Waals surface area contributed by atoms with E-state index in [-0.39, 0.29) is 35.0 Å². The number of piperidine rings is 1. The Morgan fingerprint density at radius 3 is 2.35 bits per heavy atom. The predicted octanol–water partition coefficient (Wildman–Crippen LogP) is 4.88. The number of sulfone groups is 1. The van der Waals surface area contributed by atoms with Crippen LogP contribution in [0.25, 0.3) is 16.6 Å². The Morgan fingerprint density at radius 2 is 1.70 bits per heavy atom. The maximum atomic E-state index is 13.9. The molecule has 8 heteroatoms. The number of halogens is 1. The maximum Gasteiger partial charge on any atom is 0.179 e. The monoisotopic (exact) mass is 540 g/mol. The van der Waals surface area contributed by atoms with Crippen molar-refractivity contribution in [3.63, 3.8) is 0 Å². The van der Waals surface area contributed by atoms with Crippen molar-refractivity contribution >= 4 is 38.1 Å². The Labute approximate surface area is 223 Å². The van der Waals surface area contributed by atoms with Gasteiger partial charge in [-0.05, 0) is 87.8 Å². The molecule has 3 aromatic rings. The van der Waals surface area contributed by atoms with Crippen LogP contribution in [0.15, 0.2) is 42.5 Å². The number of aromatic nitrogens is 1. The zero-order chi connectivity index (χ0) is 25.9. The maximum absolute atomic E-state index is 13.9. The number of Topliss-reactive ketones (excluding diaryl/α,β-unsaturated/α-hetero) is 1. The molecule has 1 N–H and O–H groups in total. The number of rotatable bonds is 8. The number of hydrogen-bond acceptors (Lipinski definition) is 5. The molecule has 6 rings (SSSR count). The molecule has 6 nitrogen and oxygen atoms in total. The molecule has 196 valence electrons. The van der Waals surface area contributed by atoms with Gasteiger partial charge in [0, 0.05) is 39.4 Å². The number of aliphatic hydroxyl groups is 1. The van der Waals surface area contributed by atoms with Crippen molar-refractivity contribution < 1.29 is 18.3 Å². The lowest BCUT2D eigenvalue weighted by atomic mass is 9.98. The zero-order valence-corrected chi connectivity index (χ0v) is 22.6. The number of carbonyl (C=O) groups excluding carboxylic acids is 1. The number of carbonyl (C=O) groups is 1. The van der Waals surface area contributed by atoms with Crippen LogP contribution in [0.2, 0.25) is 5.02 Å². The highest BCUT2D eigenvalue weighted by Gasteiger charge is 2.41. The van der Waals surface area contributed by atoms with Crippen molar-refractivity contribution in [2.45, 2.75) is 75.3 Å². The van der Waals surface area contributed by atoms with Crippen LogP contribution in [-0.2, 0) is 16.3 Å². The average molecular weight is 541 g/mol. The lowest BCUT2D eigenvalue weighted by molar-refractivity contribution is 0.0344. The summed E-state index contributed by atoms with van der Waals surface area (Å²) in [6.45, 7) is 2.33. The highest BCUT2D eigenvalue weighted by atomic mass is 35.5. The number of benzene rings is 2. The number of nitrogens with zero attached hydrogens (tertiary/aromatic N) is 2. The molecule has 2 bridgehead atoms. The van der Waals surface area contributed by atoms with Crippen molar-refractivity contribution in [1.82, 2.24) is 9.47 Å². The van der Waals surface area contributed by atoms with Crippen LogP contribution in [0.4, 0.5) is 0 Å². The van der Waals surface area contributed by atoms with Gasteiger partial charge in [0.25, 0.3) is 0 Å². The molecular weight excluding hydrogens is 508 g/mol. The van der Waals surface area contributed by atoms with Crippen molar-refractivity contribution in [2.24, 2.45) is 0 Å². The molecule has 2 atom stereocenters. The van der Waals surface area contributed by atoms with Gasteiger partial charge in [-0.25, -0.2) is 8.42 Å². The predicted molar refractivity (Wildman–Crippen MR) is 147 cm³/mol. The third-order valence-corrected chi connectivity index (χ3v) is 11.0. The van der Waals surface area contributed by atoms with Crippen LogP contribution in [0.1, 0.15) is 60.1 Å². The van der Waals surface area contributed by atoms with Gasteiger partial charge in [0.2, 0.25) is 0 Å². The van der Waals surface area contributed by atoms with Crippen LogP contribution in [0.3, 0.4) is 0 Å². The van der Waals surface area contributed by atoms with Crippen LogP contribution in [-0.4, -0.2) is 64.5 Å². The van der Waals surface area contributed by atoms with E-state index in [1.54, 1.807) is 0 Å². The topological polar surface area (TPSA) is 79.6 Å². The summed E-state index contributed by atoms with van der Waals surface area (Å²) >= 11 is 6.16. The number of ketones is 1.